The van der Waals surface area contributed by atoms with Crippen LogP contribution in [0.4, 0.5) is 0 Å². The lowest BCUT2D eigenvalue weighted by molar-refractivity contribution is -0.163. The summed E-state index contributed by atoms with van der Waals surface area (Å²) >= 11 is 6.01. The highest BCUT2D eigenvalue weighted by atomic mass is 35.5. The zero-order chi connectivity index (χ0) is 15.3. The molecule has 0 aliphatic carbocycles. The highest BCUT2D eigenvalue weighted by molar-refractivity contribution is 6.30. The average molecular weight is 299 g/mol. The van der Waals surface area contributed by atoms with Gasteiger partial charge in [-0.05, 0) is 37.0 Å². The number of esters is 1. The molecule has 112 valence electrons. The smallest absolute Gasteiger partial charge is 0.312 e. The molecule has 0 saturated heterocycles. The lowest BCUT2D eigenvalue weighted by atomic mass is 9.73. The van der Waals surface area contributed by atoms with Crippen LogP contribution in [0.3, 0.4) is 0 Å². The first-order valence-electron chi connectivity index (χ1n) is 7.01. The van der Waals surface area contributed by atoms with Crippen molar-refractivity contribution in [3.8, 4) is 0 Å². The van der Waals surface area contributed by atoms with Crippen LogP contribution in [0.25, 0.3) is 0 Å². The molecular formula is C16H23ClO3. The fraction of sp³-hybridized carbons (Fsp3) is 0.562. The summed E-state index contributed by atoms with van der Waals surface area (Å²) in [7, 11) is 0. The van der Waals surface area contributed by atoms with Gasteiger partial charge in [0.15, 0.2) is 0 Å². The summed E-state index contributed by atoms with van der Waals surface area (Å²) in [6, 6.07) is 7.03. The van der Waals surface area contributed by atoms with Crippen LogP contribution in [-0.2, 0) is 15.1 Å². The van der Waals surface area contributed by atoms with Crippen LogP contribution in [0, 0.1) is 11.8 Å². The van der Waals surface area contributed by atoms with Crippen LogP contribution in [0.1, 0.15) is 39.7 Å². The fourth-order valence-corrected chi connectivity index (χ4v) is 2.80. The van der Waals surface area contributed by atoms with Crippen LogP contribution in [-0.4, -0.2) is 17.7 Å². The largest absolute Gasteiger partial charge is 0.466 e. The Balaban J connectivity index is 3.27. The summed E-state index contributed by atoms with van der Waals surface area (Å²) in [5, 5.41) is 11.6. The van der Waals surface area contributed by atoms with Gasteiger partial charge in [0.1, 0.15) is 5.60 Å². The minimum Gasteiger partial charge on any atom is -0.466 e. The molecule has 0 saturated carbocycles. The van der Waals surface area contributed by atoms with E-state index in [2.05, 4.69) is 0 Å². The Morgan fingerprint density at radius 2 is 2.05 bits per heavy atom. The normalized spacial score (nSPS) is 15.8. The van der Waals surface area contributed by atoms with Gasteiger partial charge in [-0.3, -0.25) is 4.79 Å². The van der Waals surface area contributed by atoms with E-state index in [1.807, 2.05) is 20.8 Å². The molecule has 0 aromatic heterocycles. The zero-order valence-electron chi connectivity index (χ0n) is 12.5. The molecule has 1 N–H and O–H groups in total. The maximum Gasteiger partial charge on any atom is 0.312 e. The summed E-state index contributed by atoms with van der Waals surface area (Å²) < 4.78 is 5.13. The molecular weight excluding hydrogens is 276 g/mol. The summed E-state index contributed by atoms with van der Waals surface area (Å²) in [4.78, 5) is 12.2. The van der Waals surface area contributed by atoms with Gasteiger partial charge in [-0.2, -0.15) is 0 Å². The first-order chi connectivity index (χ1) is 9.36. The van der Waals surface area contributed by atoms with Crippen molar-refractivity contribution in [3.05, 3.63) is 34.9 Å². The number of hydrogen-bond acceptors (Lipinski definition) is 3. The number of rotatable bonds is 6. The molecule has 2 unspecified atom stereocenters. The molecule has 0 bridgehead atoms. The molecule has 0 aliphatic rings. The third-order valence-electron chi connectivity index (χ3n) is 3.59. The Labute approximate surface area is 125 Å². The van der Waals surface area contributed by atoms with Crippen molar-refractivity contribution in [1.29, 1.82) is 0 Å². The highest BCUT2D eigenvalue weighted by Gasteiger charge is 2.44. The molecule has 20 heavy (non-hydrogen) atoms. The van der Waals surface area contributed by atoms with E-state index in [0.717, 1.165) is 0 Å². The summed E-state index contributed by atoms with van der Waals surface area (Å²) in [6.07, 6.45) is 0.412. The molecule has 2 atom stereocenters. The van der Waals surface area contributed by atoms with Gasteiger partial charge in [0.05, 0.1) is 12.5 Å². The van der Waals surface area contributed by atoms with E-state index in [0.29, 0.717) is 23.6 Å². The molecule has 1 aromatic rings. The van der Waals surface area contributed by atoms with E-state index < -0.39 is 11.5 Å². The molecule has 1 rings (SSSR count). The van der Waals surface area contributed by atoms with Crippen LogP contribution in [0.2, 0.25) is 5.02 Å². The van der Waals surface area contributed by atoms with Crippen molar-refractivity contribution in [2.75, 3.05) is 6.61 Å². The zero-order valence-corrected chi connectivity index (χ0v) is 13.3. The lowest BCUT2D eigenvalue weighted by Crippen LogP contribution is -2.43. The molecule has 0 aliphatic heterocycles. The number of ether oxygens (including phenoxy) is 1. The molecule has 3 nitrogen and oxygen atoms in total. The van der Waals surface area contributed by atoms with E-state index in [9.17, 15) is 9.90 Å². The van der Waals surface area contributed by atoms with Crippen molar-refractivity contribution >= 4 is 17.6 Å². The minimum absolute atomic E-state index is 0.0435. The second-order valence-electron chi connectivity index (χ2n) is 5.26. The number of aliphatic hydroxyl groups is 1. The van der Waals surface area contributed by atoms with Crippen molar-refractivity contribution < 1.29 is 14.6 Å². The quantitative estimate of drug-likeness (QED) is 0.813. The van der Waals surface area contributed by atoms with E-state index in [4.69, 9.17) is 16.3 Å². The number of carbonyl (C=O) groups excluding carboxylic acids is 1. The van der Waals surface area contributed by atoms with Gasteiger partial charge in [0.25, 0.3) is 0 Å². The second kappa shape index (κ2) is 7.09. The van der Waals surface area contributed by atoms with Crippen molar-refractivity contribution in [3.63, 3.8) is 0 Å². The Bertz CT molecular complexity index is 459. The van der Waals surface area contributed by atoms with E-state index >= 15 is 0 Å². The van der Waals surface area contributed by atoms with Gasteiger partial charge < -0.3 is 9.84 Å². The van der Waals surface area contributed by atoms with Crippen LogP contribution in [0.15, 0.2) is 24.3 Å². The molecule has 0 heterocycles. The van der Waals surface area contributed by atoms with Gasteiger partial charge in [-0.25, -0.2) is 0 Å². The lowest BCUT2D eigenvalue weighted by Gasteiger charge is -2.36. The van der Waals surface area contributed by atoms with E-state index in [1.54, 1.807) is 31.2 Å². The summed E-state index contributed by atoms with van der Waals surface area (Å²) in [5.74, 6) is -1.03. The topological polar surface area (TPSA) is 46.5 Å². The van der Waals surface area contributed by atoms with Gasteiger partial charge in [0.2, 0.25) is 0 Å². The van der Waals surface area contributed by atoms with E-state index in [1.165, 1.54) is 0 Å². The highest BCUT2D eigenvalue weighted by Crippen LogP contribution is 2.39. The Hall–Kier alpha value is -1.06. The Kier molecular flexibility index (Phi) is 6.03. The van der Waals surface area contributed by atoms with Gasteiger partial charge in [0, 0.05) is 5.02 Å². The number of halogens is 1. The van der Waals surface area contributed by atoms with Gasteiger partial charge in [-0.15, -0.1) is 0 Å². The predicted molar refractivity (Wildman–Crippen MR) is 80.6 cm³/mol. The molecule has 1 aromatic carbocycles. The number of carbonyl (C=O) groups is 1. The molecule has 0 fully saturated rings. The first-order valence-corrected chi connectivity index (χ1v) is 7.39. The molecule has 4 heteroatoms. The SMILES string of the molecule is CCOC(=O)C(C(C)C)C(O)(CC)c1cccc(Cl)c1. The Morgan fingerprint density at radius 1 is 1.40 bits per heavy atom. The predicted octanol–water partition coefficient (Wildman–Crippen LogP) is 3.77. The van der Waals surface area contributed by atoms with Crippen LogP contribution < -0.4 is 0 Å². The number of benzene rings is 1. The fourth-order valence-electron chi connectivity index (χ4n) is 2.61. The average Bonchev–Trinajstić information content (AvgIpc) is 2.38. The molecule has 0 radical (unpaired) electrons. The molecule has 0 spiro atoms. The Morgan fingerprint density at radius 3 is 2.50 bits per heavy atom. The standard InChI is InChI=1S/C16H23ClO3/c1-5-16(19,12-8-7-9-13(17)10-12)14(11(3)4)15(18)20-6-2/h7-11,14,19H,5-6H2,1-4H3. The van der Waals surface area contributed by atoms with Crippen molar-refractivity contribution in [1.82, 2.24) is 0 Å². The third-order valence-corrected chi connectivity index (χ3v) is 3.82. The van der Waals surface area contributed by atoms with Crippen molar-refractivity contribution in [2.45, 2.75) is 39.7 Å². The summed E-state index contributed by atoms with van der Waals surface area (Å²) in [6.45, 7) is 7.74. The van der Waals surface area contributed by atoms with Gasteiger partial charge in [-0.1, -0.05) is 44.5 Å². The maximum atomic E-state index is 12.2. The minimum atomic E-state index is -1.27. The maximum absolute atomic E-state index is 12.2. The first kappa shape index (κ1) is 17.0. The molecule has 0 amide bonds. The van der Waals surface area contributed by atoms with Crippen LogP contribution in [0.5, 0.6) is 0 Å². The second-order valence-corrected chi connectivity index (χ2v) is 5.70. The summed E-state index contributed by atoms with van der Waals surface area (Å²) in [5.41, 5.74) is -0.620. The monoisotopic (exact) mass is 298 g/mol. The number of hydrogen-bond donors (Lipinski definition) is 1. The third kappa shape index (κ3) is 3.53. The van der Waals surface area contributed by atoms with Crippen molar-refractivity contribution in [2.24, 2.45) is 11.8 Å². The van der Waals surface area contributed by atoms with E-state index in [-0.39, 0.29) is 11.9 Å². The van der Waals surface area contributed by atoms with Crippen LogP contribution >= 0.6 is 11.6 Å². The van der Waals surface area contributed by atoms with Gasteiger partial charge >= 0.3 is 5.97 Å².